The zero-order valence-corrected chi connectivity index (χ0v) is 14.0. The van der Waals surface area contributed by atoms with E-state index in [1.165, 1.54) is 38.6 Å². The van der Waals surface area contributed by atoms with Gasteiger partial charge in [0.1, 0.15) is 0 Å². The van der Waals surface area contributed by atoms with Crippen LogP contribution in [0.3, 0.4) is 0 Å². The molecule has 0 heterocycles. The summed E-state index contributed by atoms with van der Waals surface area (Å²) in [6.45, 7) is 12.7. The number of rotatable bonds is 7. The summed E-state index contributed by atoms with van der Waals surface area (Å²) in [6.07, 6.45) is 6.98. The lowest BCUT2D eigenvalue weighted by atomic mass is 10.0. The van der Waals surface area contributed by atoms with Crippen molar-refractivity contribution in [2.75, 3.05) is 27.2 Å². The summed E-state index contributed by atoms with van der Waals surface area (Å²) in [5.74, 6) is 0.767. The van der Waals surface area contributed by atoms with E-state index < -0.39 is 0 Å². The lowest BCUT2D eigenvalue weighted by Gasteiger charge is -2.17. The van der Waals surface area contributed by atoms with E-state index in [4.69, 9.17) is 4.74 Å². The topological polar surface area (TPSA) is 12.5 Å². The van der Waals surface area contributed by atoms with Gasteiger partial charge in [0.2, 0.25) is 0 Å². The average Bonchev–Trinajstić information content (AvgIpc) is 3.17. The van der Waals surface area contributed by atoms with Crippen molar-refractivity contribution >= 4 is 0 Å². The molecule has 0 saturated heterocycles. The van der Waals surface area contributed by atoms with E-state index in [9.17, 15) is 0 Å². The molecule has 0 aromatic rings. The molecule has 1 aliphatic rings. The maximum absolute atomic E-state index is 5.72. The van der Waals surface area contributed by atoms with Gasteiger partial charge in [-0.25, -0.2) is 0 Å². The maximum Gasteiger partial charge on any atom is 0.0577 e. The smallest absolute Gasteiger partial charge is 0.0577 e. The minimum atomic E-state index is 0.619. The molecule has 1 saturated carbocycles. The van der Waals surface area contributed by atoms with Gasteiger partial charge in [-0.15, -0.1) is 0 Å². The van der Waals surface area contributed by atoms with Gasteiger partial charge in [-0.05, 0) is 45.8 Å². The SMILES string of the molecule is CC.CCC.CCC(CCN(C)C)COC1CC1. The maximum atomic E-state index is 5.72. The molecule has 112 valence electrons. The predicted octanol–water partition coefficient (Wildman–Crippen LogP) is 4.59. The predicted molar refractivity (Wildman–Crippen MR) is 83.2 cm³/mol. The second-order valence-electron chi connectivity index (χ2n) is 5.11. The van der Waals surface area contributed by atoms with Crippen LogP contribution in [0.5, 0.6) is 0 Å². The summed E-state index contributed by atoms with van der Waals surface area (Å²) in [5, 5.41) is 0. The van der Waals surface area contributed by atoms with Crippen molar-refractivity contribution in [2.24, 2.45) is 5.92 Å². The Bertz CT molecular complexity index is 138. The van der Waals surface area contributed by atoms with Crippen LogP contribution in [0.25, 0.3) is 0 Å². The fourth-order valence-corrected chi connectivity index (χ4v) is 1.35. The minimum absolute atomic E-state index is 0.619. The van der Waals surface area contributed by atoms with Crippen molar-refractivity contribution in [3.8, 4) is 0 Å². The molecule has 0 bridgehead atoms. The van der Waals surface area contributed by atoms with E-state index in [1.54, 1.807) is 0 Å². The van der Waals surface area contributed by atoms with Crippen molar-refractivity contribution in [3.05, 3.63) is 0 Å². The van der Waals surface area contributed by atoms with Crippen LogP contribution in [-0.2, 0) is 4.74 Å². The van der Waals surface area contributed by atoms with Gasteiger partial charge < -0.3 is 9.64 Å². The van der Waals surface area contributed by atoms with Gasteiger partial charge in [0.05, 0.1) is 6.10 Å². The molecule has 0 aliphatic heterocycles. The highest BCUT2D eigenvalue weighted by Gasteiger charge is 2.23. The molecular weight excluding hydrogens is 222 g/mol. The molecule has 1 unspecified atom stereocenters. The number of ether oxygens (including phenoxy) is 1. The van der Waals surface area contributed by atoms with Crippen LogP contribution in [-0.4, -0.2) is 38.3 Å². The molecule has 2 nitrogen and oxygen atoms in total. The first-order valence-corrected chi connectivity index (χ1v) is 7.90. The summed E-state index contributed by atoms with van der Waals surface area (Å²) in [6, 6.07) is 0. The quantitative estimate of drug-likeness (QED) is 0.663. The minimum Gasteiger partial charge on any atom is -0.378 e. The molecule has 1 aliphatic carbocycles. The first-order valence-electron chi connectivity index (χ1n) is 7.90. The van der Waals surface area contributed by atoms with Crippen molar-refractivity contribution in [1.29, 1.82) is 0 Å². The van der Waals surface area contributed by atoms with Gasteiger partial charge in [-0.2, -0.15) is 0 Å². The highest BCUT2D eigenvalue weighted by atomic mass is 16.5. The van der Waals surface area contributed by atoms with E-state index in [0.717, 1.165) is 12.5 Å². The molecule has 0 radical (unpaired) electrons. The molecule has 0 aromatic carbocycles. The lowest BCUT2D eigenvalue weighted by Crippen LogP contribution is -2.19. The van der Waals surface area contributed by atoms with Crippen molar-refractivity contribution in [3.63, 3.8) is 0 Å². The van der Waals surface area contributed by atoms with Crippen molar-refractivity contribution in [2.45, 2.75) is 72.8 Å². The number of hydrogen-bond donors (Lipinski definition) is 0. The molecule has 0 N–H and O–H groups in total. The molecule has 1 atom stereocenters. The van der Waals surface area contributed by atoms with Gasteiger partial charge in [0.15, 0.2) is 0 Å². The van der Waals surface area contributed by atoms with E-state index in [-0.39, 0.29) is 0 Å². The third-order valence-electron chi connectivity index (χ3n) is 2.65. The van der Waals surface area contributed by atoms with Gasteiger partial charge in [-0.1, -0.05) is 47.5 Å². The van der Waals surface area contributed by atoms with Crippen molar-refractivity contribution in [1.82, 2.24) is 4.90 Å². The first-order chi connectivity index (χ1) is 8.63. The summed E-state index contributed by atoms with van der Waals surface area (Å²) in [7, 11) is 4.27. The van der Waals surface area contributed by atoms with Crippen LogP contribution in [0.1, 0.15) is 66.7 Å². The highest BCUT2D eigenvalue weighted by molar-refractivity contribution is 4.73. The molecule has 0 aromatic heterocycles. The third kappa shape index (κ3) is 15.9. The van der Waals surface area contributed by atoms with Crippen LogP contribution >= 0.6 is 0 Å². The van der Waals surface area contributed by atoms with Gasteiger partial charge >= 0.3 is 0 Å². The Balaban J connectivity index is 0. The van der Waals surface area contributed by atoms with Crippen LogP contribution in [0.2, 0.25) is 0 Å². The molecular formula is C16H37NO. The zero-order valence-electron chi connectivity index (χ0n) is 14.0. The van der Waals surface area contributed by atoms with Gasteiger partial charge in [0.25, 0.3) is 0 Å². The van der Waals surface area contributed by atoms with Crippen LogP contribution in [0.4, 0.5) is 0 Å². The third-order valence-corrected chi connectivity index (χ3v) is 2.65. The summed E-state index contributed by atoms with van der Waals surface area (Å²) in [5.41, 5.74) is 0. The fourth-order valence-electron chi connectivity index (χ4n) is 1.35. The van der Waals surface area contributed by atoms with Crippen LogP contribution in [0, 0.1) is 5.92 Å². The normalized spacial score (nSPS) is 15.3. The van der Waals surface area contributed by atoms with Crippen LogP contribution < -0.4 is 0 Å². The number of nitrogens with zero attached hydrogens (tertiary/aromatic N) is 1. The van der Waals surface area contributed by atoms with E-state index in [0.29, 0.717) is 6.10 Å². The fraction of sp³-hybridized carbons (Fsp3) is 1.00. The first kappa shape index (κ1) is 20.2. The van der Waals surface area contributed by atoms with Crippen molar-refractivity contribution < 1.29 is 4.74 Å². The highest BCUT2D eigenvalue weighted by Crippen LogP contribution is 2.25. The lowest BCUT2D eigenvalue weighted by molar-refractivity contribution is 0.0793. The van der Waals surface area contributed by atoms with Crippen LogP contribution in [0.15, 0.2) is 0 Å². The summed E-state index contributed by atoms with van der Waals surface area (Å²) < 4.78 is 5.72. The molecule has 1 rings (SSSR count). The molecule has 18 heavy (non-hydrogen) atoms. The Labute approximate surface area is 116 Å². The standard InChI is InChI=1S/C11H23NO.C3H8.C2H6/c1-4-10(7-8-12(2)3)9-13-11-5-6-11;1-3-2;1-2/h10-11H,4-9H2,1-3H3;3H2,1-2H3;1-2H3. The Morgan fingerprint density at radius 1 is 1.11 bits per heavy atom. The van der Waals surface area contributed by atoms with E-state index >= 15 is 0 Å². The molecule has 2 heteroatoms. The summed E-state index contributed by atoms with van der Waals surface area (Å²) in [4.78, 5) is 2.25. The molecule has 0 spiro atoms. The Morgan fingerprint density at radius 3 is 1.94 bits per heavy atom. The second kappa shape index (κ2) is 15.0. The molecule has 1 fully saturated rings. The number of hydrogen-bond acceptors (Lipinski definition) is 2. The van der Waals surface area contributed by atoms with Gasteiger partial charge in [0, 0.05) is 6.61 Å². The summed E-state index contributed by atoms with van der Waals surface area (Å²) >= 11 is 0. The van der Waals surface area contributed by atoms with Gasteiger partial charge in [-0.3, -0.25) is 0 Å². The second-order valence-corrected chi connectivity index (χ2v) is 5.11. The largest absolute Gasteiger partial charge is 0.378 e. The molecule has 0 amide bonds. The zero-order chi connectivity index (χ0) is 14.4. The Morgan fingerprint density at radius 2 is 1.61 bits per heavy atom. The Kier molecular flexibility index (Phi) is 16.8. The van der Waals surface area contributed by atoms with E-state index in [1.807, 2.05) is 13.8 Å². The average molecular weight is 259 g/mol. The van der Waals surface area contributed by atoms with E-state index in [2.05, 4.69) is 39.8 Å². The Hall–Kier alpha value is -0.0800. The monoisotopic (exact) mass is 259 g/mol.